The number of carbonyl (C=O) groups excluding carboxylic acids is 1. The Bertz CT molecular complexity index is 483. The van der Waals surface area contributed by atoms with Crippen molar-refractivity contribution in [3.05, 3.63) is 34.5 Å². The number of carbonyl (C=O) groups is 1. The molecule has 5 heteroatoms. The van der Waals surface area contributed by atoms with Gasteiger partial charge in [-0.25, -0.2) is 4.52 Å². The molecule has 5 nitrogen and oxygen atoms in total. The van der Waals surface area contributed by atoms with Crippen LogP contribution in [0.2, 0.25) is 0 Å². The summed E-state index contributed by atoms with van der Waals surface area (Å²) >= 11 is 0. The minimum absolute atomic E-state index is 0.252. The number of nitrogens with one attached hydrogen (secondary N) is 1. The van der Waals surface area contributed by atoms with Crippen molar-refractivity contribution in [3.8, 4) is 0 Å². The summed E-state index contributed by atoms with van der Waals surface area (Å²) in [6.45, 7) is 0. The fraction of sp³-hybridized carbons (Fsp3) is 0. The maximum absolute atomic E-state index is 11.1. The van der Waals surface area contributed by atoms with Crippen LogP contribution in [0.1, 0.15) is 10.4 Å². The molecule has 0 aliphatic heterocycles. The number of rotatable bonds is 1. The van der Waals surface area contributed by atoms with Crippen LogP contribution in [0, 0.1) is 0 Å². The third-order valence-electron chi connectivity index (χ3n) is 1.57. The maximum atomic E-state index is 11.1. The van der Waals surface area contributed by atoms with Crippen LogP contribution in [0.3, 0.4) is 0 Å². The average molecular weight is 163 g/mol. The highest BCUT2D eigenvalue weighted by Crippen LogP contribution is 1.99. The van der Waals surface area contributed by atoms with E-state index in [1.54, 1.807) is 0 Å². The molecule has 2 aromatic rings. The van der Waals surface area contributed by atoms with Crippen LogP contribution in [-0.2, 0) is 0 Å². The maximum Gasteiger partial charge on any atom is 0.275 e. The summed E-state index contributed by atoms with van der Waals surface area (Å²) in [5.74, 6) is 0. The molecule has 0 aliphatic rings. The Kier molecular flexibility index (Phi) is 1.30. The molecule has 2 heterocycles. The number of hydrogen-bond donors (Lipinski definition) is 1. The van der Waals surface area contributed by atoms with Crippen LogP contribution in [0.5, 0.6) is 0 Å². The minimum atomic E-state index is -0.252. The molecule has 0 bridgehead atoms. The van der Waals surface area contributed by atoms with Gasteiger partial charge in [0, 0.05) is 11.8 Å². The summed E-state index contributed by atoms with van der Waals surface area (Å²) in [6, 6.07) is 1.48. The highest BCUT2D eigenvalue weighted by molar-refractivity contribution is 5.77. The number of aldehydes is 1. The lowest BCUT2D eigenvalue weighted by atomic mass is 10.4. The van der Waals surface area contributed by atoms with Crippen LogP contribution >= 0.6 is 0 Å². The second-order valence-electron chi connectivity index (χ2n) is 2.34. The average Bonchev–Trinajstić information content (AvgIpc) is 2.49. The third-order valence-corrected chi connectivity index (χ3v) is 1.57. The Morgan fingerprint density at radius 3 is 3.08 bits per heavy atom. The molecule has 0 aliphatic carbocycles. The van der Waals surface area contributed by atoms with Gasteiger partial charge >= 0.3 is 0 Å². The monoisotopic (exact) mass is 163 g/mol. The molecule has 0 saturated heterocycles. The van der Waals surface area contributed by atoms with Gasteiger partial charge in [0.2, 0.25) is 0 Å². The lowest BCUT2D eigenvalue weighted by Gasteiger charge is -1.87. The van der Waals surface area contributed by atoms with Crippen molar-refractivity contribution in [1.82, 2.24) is 14.6 Å². The summed E-state index contributed by atoms with van der Waals surface area (Å²) in [7, 11) is 0. The van der Waals surface area contributed by atoms with Gasteiger partial charge in [-0.1, -0.05) is 0 Å². The first-order valence-electron chi connectivity index (χ1n) is 3.32. The Morgan fingerprint density at radius 2 is 2.42 bits per heavy atom. The number of aromatic amines is 1. The molecule has 60 valence electrons. The lowest BCUT2D eigenvalue weighted by molar-refractivity contribution is 0.112. The summed E-state index contributed by atoms with van der Waals surface area (Å²) in [4.78, 5) is 23.8. The Hall–Kier alpha value is -1.91. The Balaban J connectivity index is 2.92. The molecule has 12 heavy (non-hydrogen) atoms. The topological polar surface area (TPSA) is 67.2 Å². The van der Waals surface area contributed by atoms with Gasteiger partial charge in [0.05, 0.1) is 0 Å². The van der Waals surface area contributed by atoms with Gasteiger partial charge in [-0.2, -0.15) is 5.10 Å². The second kappa shape index (κ2) is 2.30. The largest absolute Gasteiger partial charge is 0.310 e. The van der Waals surface area contributed by atoms with Gasteiger partial charge in [0.25, 0.3) is 5.56 Å². The van der Waals surface area contributed by atoms with Crippen LogP contribution in [0.4, 0.5) is 0 Å². The normalized spacial score (nSPS) is 10.3. The molecular formula is C7H5N3O2. The fourth-order valence-electron chi connectivity index (χ4n) is 1.03. The van der Waals surface area contributed by atoms with Gasteiger partial charge in [-0.05, 0) is 6.07 Å². The standard InChI is InChI=1S/C7H5N3O2/c11-3-5-1-6-7(12)8-4-9-10(6)2-5/h1-4H,(H,8,9,12). The molecule has 0 aromatic carbocycles. The molecule has 0 saturated carbocycles. The quantitative estimate of drug-likeness (QED) is 0.594. The van der Waals surface area contributed by atoms with E-state index in [2.05, 4.69) is 10.1 Å². The highest BCUT2D eigenvalue weighted by atomic mass is 16.1. The first-order valence-corrected chi connectivity index (χ1v) is 3.32. The SMILES string of the molecule is O=Cc1cc2c(=O)[nH]cnn2c1. The van der Waals surface area contributed by atoms with Crippen molar-refractivity contribution in [2.45, 2.75) is 0 Å². The fourth-order valence-corrected chi connectivity index (χ4v) is 1.03. The zero-order valence-electron chi connectivity index (χ0n) is 6.02. The molecule has 0 atom stereocenters. The van der Waals surface area contributed by atoms with Crippen LogP contribution in [0.15, 0.2) is 23.4 Å². The van der Waals surface area contributed by atoms with Crippen LogP contribution in [0.25, 0.3) is 5.52 Å². The van der Waals surface area contributed by atoms with E-state index in [4.69, 9.17) is 0 Å². The van der Waals surface area contributed by atoms with E-state index in [1.807, 2.05) is 0 Å². The van der Waals surface area contributed by atoms with E-state index < -0.39 is 0 Å². The molecule has 2 rings (SSSR count). The van der Waals surface area contributed by atoms with E-state index in [-0.39, 0.29) is 5.56 Å². The van der Waals surface area contributed by atoms with E-state index in [1.165, 1.54) is 23.1 Å². The zero-order chi connectivity index (χ0) is 8.55. The number of nitrogens with zero attached hydrogens (tertiary/aromatic N) is 2. The number of H-pyrrole nitrogens is 1. The molecule has 0 radical (unpaired) electrons. The van der Waals surface area contributed by atoms with Crippen molar-refractivity contribution >= 4 is 11.8 Å². The number of aromatic nitrogens is 3. The van der Waals surface area contributed by atoms with Crippen LogP contribution < -0.4 is 5.56 Å². The summed E-state index contributed by atoms with van der Waals surface area (Å²) in [5.41, 5.74) is 0.567. The third kappa shape index (κ3) is 0.833. The van der Waals surface area contributed by atoms with Crippen molar-refractivity contribution in [1.29, 1.82) is 0 Å². The Morgan fingerprint density at radius 1 is 1.58 bits per heavy atom. The van der Waals surface area contributed by atoms with Gasteiger partial charge < -0.3 is 4.98 Å². The predicted molar refractivity (Wildman–Crippen MR) is 41.2 cm³/mol. The smallest absolute Gasteiger partial charge is 0.275 e. The summed E-state index contributed by atoms with van der Waals surface area (Å²) < 4.78 is 1.36. The molecule has 0 spiro atoms. The molecular weight excluding hydrogens is 158 g/mol. The summed E-state index contributed by atoms with van der Waals surface area (Å²) in [5, 5.41) is 3.81. The second-order valence-corrected chi connectivity index (χ2v) is 2.34. The number of hydrogen-bond acceptors (Lipinski definition) is 3. The molecule has 1 N–H and O–H groups in total. The van der Waals surface area contributed by atoms with Crippen LogP contribution in [-0.4, -0.2) is 20.9 Å². The van der Waals surface area contributed by atoms with E-state index in [9.17, 15) is 9.59 Å². The van der Waals surface area contributed by atoms with Gasteiger partial charge in [0.15, 0.2) is 6.29 Å². The predicted octanol–water partition coefficient (Wildman–Crippen LogP) is -0.165. The van der Waals surface area contributed by atoms with Crippen molar-refractivity contribution in [3.63, 3.8) is 0 Å². The van der Waals surface area contributed by atoms with E-state index in [0.717, 1.165) is 0 Å². The molecule has 0 amide bonds. The molecule has 2 aromatic heterocycles. The van der Waals surface area contributed by atoms with E-state index >= 15 is 0 Å². The summed E-state index contributed by atoms with van der Waals surface area (Å²) in [6.07, 6.45) is 3.45. The van der Waals surface area contributed by atoms with Gasteiger partial charge in [-0.3, -0.25) is 9.59 Å². The van der Waals surface area contributed by atoms with Crippen molar-refractivity contribution in [2.75, 3.05) is 0 Å². The van der Waals surface area contributed by atoms with Crippen molar-refractivity contribution < 1.29 is 4.79 Å². The molecule has 0 fully saturated rings. The van der Waals surface area contributed by atoms with Gasteiger partial charge in [0.1, 0.15) is 11.8 Å². The number of fused-ring (bicyclic) bond motifs is 1. The Labute approximate surface area is 66.6 Å². The first-order chi connectivity index (χ1) is 5.81. The highest BCUT2D eigenvalue weighted by Gasteiger charge is 2.01. The zero-order valence-corrected chi connectivity index (χ0v) is 6.02. The van der Waals surface area contributed by atoms with Crippen molar-refractivity contribution in [2.24, 2.45) is 0 Å². The lowest BCUT2D eigenvalue weighted by Crippen LogP contribution is -2.09. The minimum Gasteiger partial charge on any atom is -0.310 e. The van der Waals surface area contributed by atoms with Gasteiger partial charge in [-0.15, -0.1) is 0 Å². The van der Waals surface area contributed by atoms with E-state index in [0.29, 0.717) is 17.4 Å². The molecule has 0 unspecified atom stereocenters. The first kappa shape index (κ1) is 6.78.